The van der Waals surface area contributed by atoms with Crippen molar-refractivity contribution >= 4 is 39.8 Å². The van der Waals surface area contributed by atoms with Gasteiger partial charge < -0.3 is 0 Å². The van der Waals surface area contributed by atoms with Crippen LogP contribution in [0.3, 0.4) is 0 Å². The Balaban J connectivity index is 2.16. The van der Waals surface area contributed by atoms with Crippen molar-refractivity contribution in [1.29, 1.82) is 0 Å². The summed E-state index contributed by atoms with van der Waals surface area (Å²) in [6.07, 6.45) is 4.13. The molecule has 2 rings (SSSR count). The zero-order valence-electron chi connectivity index (χ0n) is 10.7. The van der Waals surface area contributed by atoms with Crippen LogP contribution in [0.25, 0.3) is 0 Å². The molecule has 2 atom stereocenters. The van der Waals surface area contributed by atoms with Crippen LogP contribution in [0.5, 0.6) is 0 Å². The Morgan fingerprint density at radius 3 is 2.53 bits per heavy atom. The van der Waals surface area contributed by atoms with E-state index in [2.05, 4.69) is 0 Å². The molecule has 0 aliphatic heterocycles. The van der Waals surface area contributed by atoms with Gasteiger partial charge in [0.05, 0.1) is 10.3 Å². The van der Waals surface area contributed by atoms with Gasteiger partial charge in [-0.3, -0.25) is 9.00 Å². The minimum atomic E-state index is -1.13. The standard InChI is InChI=1S/C14H16Cl2O2S/c1-9(19(18)11-4-2-3-5-11)14(17)12-7-6-10(15)8-13(12)16/h6-9,11H,2-5H2,1H3. The molecular formula is C14H16Cl2O2S. The summed E-state index contributed by atoms with van der Waals surface area (Å²) in [5.74, 6) is -0.160. The highest BCUT2D eigenvalue weighted by molar-refractivity contribution is 7.87. The lowest BCUT2D eigenvalue weighted by Gasteiger charge is -2.16. The molecule has 104 valence electrons. The maximum Gasteiger partial charge on any atom is 0.179 e. The first-order chi connectivity index (χ1) is 9.00. The summed E-state index contributed by atoms with van der Waals surface area (Å²) in [7, 11) is -1.13. The first-order valence-corrected chi connectivity index (χ1v) is 8.42. The molecule has 0 amide bonds. The van der Waals surface area contributed by atoms with Gasteiger partial charge in [-0.05, 0) is 38.0 Å². The number of benzene rings is 1. The fourth-order valence-electron chi connectivity index (χ4n) is 2.42. The number of halogens is 2. The lowest BCUT2D eigenvalue weighted by atomic mass is 10.1. The van der Waals surface area contributed by atoms with Gasteiger partial charge in [0, 0.05) is 26.6 Å². The van der Waals surface area contributed by atoms with Crippen LogP contribution in [0.2, 0.25) is 10.0 Å². The second kappa shape index (κ2) is 6.38. The van der Waals surface area contributed by atoms with Crippen LogP contribution >= 0.6 is 23.2 Å². The summed E-state index contributed by atoms with van der Waals surface area (Å²) >= 11 is 11.8. The maximum absolute atomic E-state index is 12.4. The second-order valence-corrected chi connectivity index (χ2v) is 7.74. The normalized spacial score (nSPS) is 19.3. The van der Waals surface area contributed by atoms with Crippen LogP contribution in [0.4, 0.5) is 0 Å². The molecule has 5 heteroatoms. The third kappa shape index (κ3) is 3.39. The molecule has 1 aliphatic rings. The number of hydrogen-bond donors (Lipinski definition) is 0. The average molecular weight is 319 g/mol. The third-order valence-corrected chi connectivity index (χ3v) is 6.13. The van der Waals surface area contributed by atoms with Gasteiger partial charge in [-0.2, -0.15) is 0 Å². The smallest absolute Gasteiger partial charge is 0.179 e. The van der Waals surface area contributed by atoms with E-state index < -0.39 is 16.0 Å². The molecule has 0 bridgehead atoms. The molecule has 0 saturated heterocycles. The van der Waals surface area contributed by atoms with Crippen LogP contribution in [-0.2, 0) is 10.8 Å². The number of carbonyl (C=O) groups is 1. The van der Waals surface area contributed by atoms with Gasteiger partial charge >= 0.3 is 0 Å². The van der Waals surface area contributed by atoms with Crippen molar-refractivity contribution in [2.45, 2.75) is 43.1 Å². The number of carbonyl (C=O) groups excluding carboxylic acids is 1. The second-order valence-electron chi connectivity index (χ2n) is 4.87. The molecular weight excluding hydrogens is 303 g/mol. The number of ketones is 1. The Bertz CT molecular complexity index is 510. The predicted octanol–water partition coefficient (Wildman–Crippen LogP) is 4.26. The largest absolute Gasteiger partial charge is 0.293 e. The summed E-state index contributed by atoms with van der Waals surface area (Å²) in [5, 5.41) is 0.464. The van der Waals surface area contributed by atoms with Crippen LogP contribution in [0.1, 0.15) is 43.0 Å². The summed E-state index contributed by atoms with van der Waals surface area (Å²) in [5.41, 5.74) is 0.407. The lowest BCUT2D eigenvalue weighted by Crippen LogP contribution is -2.29. The van der Waals surface area contributed by atoms with Crippen molar-refractivity contribution in [2.75, 3.05) is 0 Å². The Labute approximate surface area is 125 Å². The van der Waals surface area contributed by atoms with Gasteiger partial charge in [-0.25, -0.2) is 0 Å². The molecule has 2 nitrogen and oxygen atoms in total. The van der Waals surface area contributed by atoms with Crippen LogP contribution in [-0.4, -0.2) is 20.5 Å². The van der Waals surface area contributed by atoms with E-state index in [4.69, 9.17) is 23.2 Å². The summed E-state index contributed by atoms with van der Waals surface area (Å²) in [6, 6.07) is 4.78. The quantitative estimate of drug-likeness (QED) is 0.777. The topological polar surface area (TPSA) is 34.1 Å². The molecule has 1 aliphatic carbocycles. The van der Waals surface area contributed by atoms with Gasteiger partial charge in [0.25, 0.3) is 0 Å². The van der Waals surface area contributed by atoms with Crippen molar-refractivity contribution in [3.05, 3.63) is 33.8 Å². The Morgan fingerprint density at radius 1 is 1.32 bits per heavy atom. The van der Waals surface area contributed by atoms with E-state index in [1.165, 1.54) is 0 Å². The highest BCUT2D eigenvalue weighted by Crippen LogP contribution is 2.28. The van der Waals surface area contributed by atoms with Crippen LogP contribution in [0.15, 0.2) is 18.2 Å². The number of hydrogen-bond acceptors (Lipinski definition) is 2. The SMILES string of the molecule is CC(C(=O)c1ccc(Cl)cc1Cl)S(=O)C1CCCC1. The van der Waals surface area contributed by atoms with Gasteiger partial charge in [-0.1, -0.05) is 36.0 Å². The third-order valence-electron chi connectivity index (χ3n) is 3.55. The van der Waals surface area contributed by atoms with Crippen molar-refractivity contribution in [2.24, 2.45) is 0 Å². The minimum absolute atomic E-state index is 0.157. The van der Waals surface area contributed by atoms with Crippen LogP contribution < -0.4 is 0 Å². The first kappa shape index (κ1) is 15.0. The molecule has 0 N–H and O–H groups in total. The van der Waals surface area contributed by atoms with E-state index in [1.54, 1.807) is 25.1 Å². The van der Waals surface area contributed by atoms with E-state index >= 15 is 0 Å². The molecule has 0 spiro atoms. The number of Topliss-reactive ketones (excluding diaryl/α,β-unsaturated/α-hetero) is 1. The lowest BCUT2D eigenvalue weighted by molar-refractivity contribution is 0.0992. The zero-order chi connectivity index (χ0) is 14.0. The van der Waals surface area contributed by atoms with Crippen molar-refractivity contribution < 1.29 is 9.00 Å². The molecule has 0 radical (unpaired) electrons. The summed E-state index contributed by atoms with van der Waals surface area (Å²) in [6.45, 7) is 1.72. The minimum Gasteiger partial charge on any atom is -0.293 e. The van der Waals surface area contributed by atoms with Crippen molar-refractivity contribution in [3.63, 3.8) is 0 Å². The summed E-state index contributed by atoms with van der Waals surface area (Å²) in [4.78, 5) is 12.4. The maximum atomic E-state index is 12.4. The molecule has 1 saturated carbocycles. The Kier molecular flexibility index (Phi) is 5.04. The highest BCUT2D eigenvalue weighted by atomic mass is 35.5. The molecule has 19 heavy (non-hydrogen) atoms. The van der Waals surface area contributed by atoms with Gasteiger partial charge in [-0.15, -0.1) is 0 Å². The molecule has 1 fully saturated rings. The fourth-order valence-corrected chi connectivity index (χ4v) is 4.64. The predicted molar refractivity (Wildman–Crippen MR) is 80.7 cm³/mol. The Morgan fingerprint density at radius 2 is 1.95 bits per heavy atom. The molecule has 1 aromatic rings. The molecule has 0 heterocycles. The van der Waals surface area contributed by atoms with Gasteiger partial charge in [0.15, 0.2) is 5.78 Å². The average Bonchev–Trinajstić information content (AvgIpc) is 2.90. The van der Waals surface area contributed by atoms with E-state index in [0.717, 1.165) is 25.7 Å². The van der Waals surface area contributed by atoms with Crippen molar-refractivity contribution in [3.8, 4) is 0 Å². The molecule has 2 unspecified atom stereocenters. The van der Waals surface area contributed by atoms with Crippen molar-refractivity contribution in [1.82, 2.24) is 0 Å². The van der Waals surface area contributed by atoms with E-state index in [9.17, 15) is 9.00 Å². The van der Waals surface area contributed by atoms with E-state index in [1.807, 2.05) is 0 Å². The summed E-state index contributed by atoms with van der Waals surface area (Å²) < 4.78 is 12.4. The van der Waals surface area contributed by atoms with Gasteiger partial charge in [0.2, 0.25) is 0 Å². The monoisotopic (exact) mass is 318 g/mol. The first-order valence-electron chi connectivity index (χ1n) is 6.39. The Hall–Kier alpha value is -0.380. The van der Waals surface area contributed by atoms with Gasteiger partial charge in [0.1, 0.15) is 0 Å². The fraction of sp³-hybridized carbons (Fsp3) is 0.500. The number of rotatable bonds is 4. The molecule has 0 aromatic heterocycles. The van der Waals surface area contributed by atoms with Crippen LogP contribution in [0, 0.1) is 0 Å². The zero-order valence-corrected chi connectivity index (χ0v) is 13.0. The van der Waals surface area contributed by atoms with E-state index in [0.29, 0.717) is 15.6 Å². The van der Waals surface area contributed by atoms with E-state index in [-0.39, 0.29) is 11.0 Å². The molecule has 1 aromatic carbocycles. The highest BCUT2D eigenvalue weighted by Gasteiger charge is 2.30.